The minimum absolute atomic E-state index is 0.558. The minimum Gasteiger partial charge on any atom is -0.342 e. The molecule has 3 heteroatoms. The van der Waals surface area contributed by atoms with Crippen molar-refractivity contribution in [2.24, 2.45) is 0 Å². The Morgan fingerprint density at radius 1 is 1.33 bits per heavy atom. The molecule has 0 fully saturated rings. The SMILES string of the molecule is [CH]c1cccc(-c2ncon2)c1. The van der Waals surface area contributed by atoms with E-state index in [4.69, 9.17) is 6.92 Å². The molecule has 2 radical (unpaired) electrons. The summed E-state index contributed by atoms with van der Waals surface area (Å²) in [6, 6.07) is 7.33. The molecule has 1 heterocycles. The maximum atomic E-state index is 5.58. The molecule has 1 aromatic carbocycles. The molecule has 0 spiro atoms. The van der Waals surface area contributed by atoms with Gasteiger partial charge < -0.3 is 4.52 Å². The van der Waals surface area contributed by atoms with E-state index in [1.807, 2.05) is 18.2 Å². The van der Waals surface area contributed by atoms with Crippen molar-refractivity contribution < 1.29 is 4.52 Å². The number of rotatable bonds is 1. The summed E-state index contributed by atoms with van der Waals surface area (Å²) < 4.78 is 4.61. The molecule has 3 nitrogen and oxygen atoms in total. The predicted octanol–water partition coefficient (Wildman–Crippen LogP) is 1.80. The molecule has 0 aliphatic rings. The van der Waals surface area contributed by atoms with E-state index in [9.17, 15) is 0 Å². The van der Waals surface area contributed by atoms with Crippen LogP contribution in [0, 0.1) is 6.92 Å². The molecule has 0 bridgehead atoms. The molecule has 2 rings (SSSR count). The van der Waals surface area contributed by atoms with E-state index in [2.05, 4.69) is 14.7 Å². The summed E-state index contributed by atoms with van der Waals surface area (Å²) in [6.45, 7) is 5.58. The number of nitrogens with zero attached hydrogens (tertiary/aromatic N) is 2. The number of benzene rings is 1. The molecular formula is C9H6N2O. The molecular weight excluding hydrogens is 152 g/mol. The van der Waals surface area contributed by atoms with Crippen LogP contribution in [0.2, 0.25) is 0 Å². The third-order valence-corrected chi connectivity index (χ3v) is 1.51. The van der Waals surface area contributed by atoms with Crippen LogP contribution in [-0.2, 0) is 0 Å². The Bertz CT molecular complexity index is 368. The fourth-order valence-electron chi connectivity index (χ4n) is 0.976. The highest BCUT2D eigenvalue weighted by atomic mass is 16.5. The molecule has 0 unspecified atom stereocenters. The van der Waals surface area contributed by atoms with Crippen LogP contribution in [0.4, 0.5) is 0 Å². The van der Waals surface area contributed by atoms with Gasteiger partial charge in [0.1, 0.15) is 0 Å². The highest BCUT2D eigenvalue weighted by Crippen LogP contribution is 2.14. The summed E-state index contributed by atoms with van der Waals surface area (Å²) in [5.74, 6) is 0.558. The second-order valence-corrected chi connectivity index (χ2v) is 2.38. The molecule has 2 aromatic rings. The van der Waals surface area contributed by atoms with Crippen molar-refractivity contribution in [2.45, 2.75) is 0 Å². The lowest BCUT2D eigenvalue weighted by Gasteiger charge is -1.94. The van der Waals surface area contributed by atoms with Crippen LogP contribution in [0.5, 0.6) is 0 Å². The third-order valence-electron chi connectivity index (χ3n) is 1.51. The van der Waals surface area contributed by atoms with E-state index >= 15 is 0 Å². The first-order chi connectivity index (χ1) is 5.86. The summed E-state index contributed by atoms with van der Waals surface area (Å²) in [5, 5.41) is 3.69. The van der Waals surface area contributed by atoms with Gasteiger partial charge in [-0.15, -0.1) is 0 Å². The van der Waals surface area contributed by atoms with Gasteiger partial charge in [-0.3, -0.25) is 0 Å². The van der Waals surface area contributed by atoms with E-state index in [0.717, 1.165) is 5.56 Å². The fourth-order valence-corrected chi connectivity index (χ4v) is 0.976. The van der Waals surface area contributed by atoms with Gasteiger partial charge >= 0.3 is 0 Å². The Morgan fingerprint density at radius 3 is 2.92 bits per heavy atom. The summed E-state index contributed by atoms with van der Waals surface area (Å²) in [4.78, 5) is 3.89. The summed E-state index contributed by atoms with van der Waals surface area (Å²) in [7, 11) is 0. The van der Waals surface area contributed by atoms with Gasteiger partial charge in [0.05, 0.1) is 0 Å². The van der Waals surface area contributed by atoms with Gasteiger partial charge in [-0.1, -0.05) is 23.4 Å². The first-order valence-corrected chi connectivity index (χ1v) is 3.48. The van der Waals surface area contributed by atoms with Crippen LogP contribution in [0.25, 0.3) is 11.4 Å². The zero-order valence-electron chi connectivity index (χ0n) is 6.27. The van der Waals surface area contributed by atoms with Crippen LogP contribution in [0.1, 0.15) is 5.56 Å². The van der Waals surface area contributed by atoms with Crippen LogP contribution < -0.4 is 0 Å². The summed E-state index contributed by atoms with van der Waals surface area (Å²) in [5.41, 5.74) is 1.56. The van der Waals surface area contributed by atoms with Crippen molar-refractivity contribution in [3.63, 3.8) is 0 Å². The minimum atomic E-state index is 0.558. The third kappa shape index (κ3) is 1.21. The van der Waals surface area contributed by atoms with Gasteiger partial charge in [0.25, 0.3) is 0 Å². The Balaban J connectivity index is 2.48. The Kier molecular flexibility index (Phi) is 1.63. The van der Waals surface area contributed by atoms with Crippen molar-refractivity contribution >= 4 is 0 Å². The molecule has 1 aromatic heterocycles. The van der Waals surface area contributed by atoms with Gasteiger partial charge in [-0.05, 0) is 18.6 Å². The molecule has 0 amide bonds. The van der Waals surface area contributed by atoms with Gasteiger partial charge in [-0.2, -0.15) is 4.98 Å². The van der Waals surface area contributed by atoms with Crippen LogP contribution >= 0.6 is 0 Å². The van der Waals surface area contributed by atoms with Crippen LogP contribution in [0.3, 0.4) is 0 Å². The molecule has 58 valence electrons. The molecule has 0 aliphatic carbocycles. The predicted molar refractivity (Wildman–Crippen MR) is 43.1 cm³/mol. The summed E-state index contributed by atoms with van der Waals surface area (Å²) >= 11 is 0. The first-order valence-electron chi connectivity index (χ1n) is 3.48. The maximum absolute atomic E-state index is 5.58. The second kappa shape index (κ2) is 2.77. The largest absolute Gasteiger partial charge is 0.342 e. The average Bonchev–Trinajstić information content (AvgIpc) is 2.56. The second-order valence-electron chi connectivity index (χ2n) is 2.38. The van der Waals surface area contributed by atoms with Crippen LogP contribution in [0.15, 0.2) is 35.2 Å². The maximum Gasteiger partial charge on any atom is 0.214 e. The lowest BCUT2D eigenvalue weighted by atomic mass is 10.1. The number of hydrogen-bond donors (Lipinski definition) is 0. The molecule has 0 saturated carbocycles. The van der Waals surface area contributed by atoms with Gasteiger partial charge in [0, 0.05) is 5.56 Å². The Morgan fingerprint density at radius 2 is 2.25 bits per heavy atom. The van der Waals surface area contributed by atoms with Gasteiger partial charge in [0.15, 0.2) is 0 Å². The zero-order valence-corrected chi connectivity index (χ0v) is 6.27. The van der Waals surface area contributed by atoms with Crippen molar-refractivity contribution in [3.05, 3.63) is 43.1 Å². The van der Waals surface area contributed by atoms with E-state index in [0.29, 0.717) is 11.4 Å². The van der Waals surface area contributed by atoms with Gasteiger partial charge in [-0.25, -0.2) is 0 Å². The zero-order chi connectivity index (χ0) is 8.39. The molecule has 0 aliphatic heterocycles. The van der Waals surface area contributed by atoms with Crippen molar-refractivity contribution in [1.82, 2.24) is 10.1 Å². The van der Waals surface area contributed by atoms with E-state index in [1.165, 1.54) is 6.39 Å². The van der Waals surface area contributed by atoms with E-state index in [1.54, 1.807) is 6.07 Å². The van der Waals surface area contributed by atoms with Crippen LogP contribution in [-0.4, -0.2) is 10.1 Å². The molecule has 12 heavy (non-hydrogen) atoms. The van der Waals surface area contributed by atoms with E-state index in [-0.39, 0.29) is 0 Å². The highest BCUT2D eigenvalue weighted by molar-refractivity contribution is 5.55. The monoisotopic (exact) mass is 158 g/mol. The smallest absolute Gasteiger partial charge is 0.214 e. The highest BCUT2D eigenvalue weighted by Gasteiger charge is 2.00. The standard InChI is InChI=1S/C9H6N2O/c1-7-3-2-4-8(5-7)9-10-6-12-11-9/h1-6H. The fraction of sp³-hybridized carbons (Fsp3) is 0. The Labute approximate surface area is 70.0 Å². The Hall–Kier alpha value is -1.64. The molecule has 0 atom stereocenters. The van der Waals surface area contributed by atoms with Gasteiger partial charge in [0.2, 0.25) is 12.2 Å². The topological polar surface area (TPSA) is 38.9 Å². The number of aromatic nitrogens is 2. The van der Waals surface area contributed by atoms with Crippen molar-refractivity contribution in [2.75, 3.05) is 0 Å². The summed E-state index contributed by atoms with van der Waals surface area (Å²) in [6.07, 6.45) is 1.29. The van der Waals surface area contributed by atoms with E-state index < -0.39 is 0 Å². The number of hydrogen-bond acceptors (Lipinski definition) is 3. The normalized spacial score (nSPS) is 10.1. The lowest BCUT2D eigenvalue weighted by Crippen LogP contribution is -1.80. The quantitative estimate of drug-likeness (QED) is 0.635. The average molecular weight is 158 g/mol. The molecule has 0 N–H and O–H groups in total. The lowest BCUT2D eigenvalue weighted by molar-refractivity contribution is 0.419. The van der Waals surface area contributed by atoms with Crippen molar-refractivity contribution in [3.8, 4) is 11.4 Å². The first kappa shape index (κ1) is 7.03. The van der Waals surface area contributed by atoms with Crippen molar-refractivity contribution in [1.29, 1.82) is 0 Å². The molecule has 0 saturated heterocycles.